The van der Waals surface area contributed by atoms with E-state index in [1.807, 2.05) is 30.3 Å². The maximum Gasteiger partial charge on any atom is 0.408 e. The lowest BCUT2D eigenvalue weighted by Crippen LogP contribution is -2.55. The molecule has 1 saturated heterocycles. The van der Waals surface area contributed by atoms with Gasteiger partial charge >= 0.3 is 12.1 Å². The normalized spacial score (nSPS) is 22.0. The monoisotopic (exact) mass is 294 g/mol. The number of aliphatic carboxylic acids is 1. The second kappa shape index (κ2) is 7.05. The van der Waals surface area contributed by atoms with Crippen LogP contribution in [0.5, 0.6) is 0 Å². The number of likely N-dealkylation sites (tertiary alicyclic amines) is 1. The molecule has 1 aromatic carbocycles. The van der Waals surface area contributed by atoms with Crippen LogP contribution in [0.3, 0.4) is 0 Å². The summed E-state index contributed by atoms with van der Waals surface area (Å²) < 4.78 is 0. The van der Waals surface area contributed by atoms with E-state index in [0.29, 0.717) is 13.0 Å². The number of nitrogens with zero attached hydrogens (tertiary/aromatic N) is 1. The number of carboxylic acids is 1. The summed E-state index contributed by atoms with van der Waals surface area (Å²) in [6, 6.07) is 8.38. The first-order valence-corrected chi connectivity index (χ1v) is 6.71. The maximum absolute atomic E-state index is 11.1. The van der Waals surface area contributed by atoms with Gasteiger partial charge in [0.25, 0.3) is 0 Å². The Bertz CT molecular complexity index is 493. The zero-order valence-electron chi connectivity index (χ0n) is 11.4. The number of carboxylic acid groups (broad SMARTS) is 2. The van der Waals surface area contributed by atoms with Crippen LogP contribution in [0.25, 0.3) is 0 Å². The van der Waals surface area contributed by atoms with Gasteiger partial charge in [-0.05, 0) is 18.4 Å². The van der Waals surface area contributed by atoms with Crippen LogP contribution in [0.4, 0.5) is 4.79 Å². The van der Waals surface area contributed by atoms with Crippen molar-refractivity contribution in [1.29, 1.82) is 0 Å². The van der Waals surface area contributed by atoms with E-state index < -0.39 is 18.1 Å². The molecular formula is C14H18N2O5. The van der Waals surface area contributed by atoms with Crippen LogP contribution < -0.4 is 5.48 Å². The Labute approximate surface area is 122 Å². The SMILES string of the molecule is O=C(O)[C@H]1CC[C@H](NOCc2ccccc2)CN1C(=O)O. The number of amides is 1. The van der Waals surface area contributed by atoms with Gasteiger partial charge in [-0.2, -0.15) is 5.48 Å². The first-order chi connectivity index (χ1) is 10.1. The summed E-state index contributed by atoms with van der Waals surface area (Å²) in [5, 5.41) is 18.1. The van der Waals surface area contributed by atoms with Gasteiger partial charge in [0, 0.05) is 6.54 Å². The molecule has 0 bridgehead atoms. The van der Waals surface area contributed by atoms with E-state index in [1.165, 1.54) is 0 Å². The second-order valence-corrected chi connectivity index (χ2v) is 4.96. The third kappa shape index (κ3) is 4.17. The number of nitrogens with one attached hydrogen (secondary N) is 1. The summed E-state index contributed by atoms with van der Waals surface area (Å²) in [6.07, 6.45) is -0.402. The van der Waals surface area contributed by atoms with Crippen molar-refractivity contribution in [2.45, 2.75) is 31.5 Å². The van der Waals surface area contributed by atoms with Crippen LogP contribution in [0.15, 0.2) is 30.3 Å². The van der Waals surface area contributed by atoms with Gasteiger partial charge in [0.05, 0.1) is 12.6 Å². The number of benzene rings is 1. The van der Waals surface area contributed by atoms with Crippen molar-refractivity contribution in [3.8, 4) is 0 Å². The smallest absolute Gasteiger partial charge is 0.408 e. The van der Waals surface area contributed by atoms with E-state index in [0.717, 1.165) is 10.5 Å². The highest BCUT2D eigenvalue weighted by molar-refractivity contribution is 5.79. The van der Waals surface area contributed by atoms with Crippen LogP contribution in [0.1, 0.15) is 18.4 Å². The minimum atomic E-state index is -1.23. The zero-order valence-corrected chi connectivity index (χ0v) is 11.4. The van der Waals surface area contributed by atoms with E-state index >= 15 is 0 Å². The summed E-state index contributed by atoms with van der Waals surface area (Å²) in [6.45, 7) is 0.466. The molecule has 1 aliphatic heterocycles. The molecule has 7 nitrogen and oxygen atoms in total. The van der Waals surface area contributed by atoms with Gasteiger partial charge < -0.3 is 10.2 Å². The average Bonchev–Trinajstić information content (AvgIpc) is 2.48. The molecule has 1 aromatic rings. The summed E-state index contributed by atoms with van der Waals surface area (Å²) in [5.41, 5.74) is 3.82. The molecule has 0 aliphatic carbocycles. The third-order valence-corrected chi connectivity index (χ3v) is 3.44. The number of hydroxylamine groups is 1. The fraction of sp³-hybridized carbons (Fsp3) is 0.429. The highest BCUT2D eigenvalue weighted by atomic mass is 16.6. The lowest BCUT2D eigenvalue weighted by Gasteiger charge is -2.35. The van der Waals surface area contributed by atoms with Crippen molar-refractivity contribution >= 4 is 12.1 Å². The van der Waals surface area contributed by atoms with E-state index in [-0.39, 0.29) is 19.0 Å². The molecule has 3 N–H and O–H groups in total. The predicted molar refractivity (Wildman–Crippen MR) is 73.5 cm³/mol. The van der Waals surface area contributed by atoms with Crippen molar-refractivity contribution in [3.63, 3.8) is 0 Å². The van der Waals surface area contributed by atoms with Crippen LogP contribution >= 0.6 is 0 Å². The highest BCUT2D eigenvalue weighted by Gasteiger charge is 2.36. The van der Waals surface area contributed by atoms with Gasteiger partial charge in [0.2, 0.25) is 0 Å². The van der Waals surface area contributed by atoms with Crippen LogP contribution in [-0.4, -0.2) is 45.8 Å². The van der Waals surface area contributed by atoms with Gasteiger partial charge in [-0.25, -0.2) is 9.59 Å². The average molecular weight is 294 g/mol. The lowest BCUT2D eigenvalue weighted by molar-refractivity contribution is -0.144. The molecule has 0 saturated carbocycles. The van der Waals surface area contributed by atoms with Gasteiger partial charge in [-0.3, -0.25) is 9.74 Å². The Balaban J connectivity index is 1.82. The molecule has 0 spiro atoms. The Kier molecular flexibility index (Phi) is 5.13. The molecule has 0 unspecified atom stereocenters. The number of hydrogen-bond donors (Lipinski definition) is 3. The van der Waals surface area contributed by atoms with E-state index in [1.54, 1.807) is 0 Å². The van der Waals surface area contributed by atoms with Gasteiger partial charge in [-0.15, -0.1) is 0 Å². The first-order valence-electron chi connectivity index (χ1n) is 6.71. The number of hydrogen-bond acceptors (Lipinski definition) is 4. The third-order valence-electron chi connectivity index (χ3n) is 3.44. The van der Waals surface area contributed by atoms with Crippen molar-refractivity contribution < 1.29 is 24.6 Å². The fourth-order valence-corrected chi connectivity index (χ4v) is 2.35. The molecule has 1 heterocycles. The molecule has 114 valence electrons. The molecule has 2 atom stereocenters. The number of rotatable bonds is 5. The maximum atomic E-state index is 11.1. The Morgan fingerprint density at radius 3 is 2.57 bits per heavy atom. The van der Waals surface area contributed by atoms with Crippen molar-refractivity contribution in [1.82, 2.24) is 10.4 Å². The predicted octanol–water partition coefficient (Wildman–Crippen LogP) is 1.30. The number of piperidine rings is 1. The van der Waals surface area contributed by atoms with Crippen LogP contribution in [0.2, 0.25) is 0 Å². The van der Waals surface area contributed by atoms with E-state index in [2.05, 4.69) is 5.48 Å². The highest BCUT2D eigenvalue weighted by Crippen LogP contribution is 2.18. The molecule has 0 aromatic heterocycles. The van der Waals surface area contributed by atoms with Gasteiger partial charge in [0.1, 0.15) is 6.04 Å². The van der Waals surface area contributed by atoms with Gasteiger partial charge in [-0.1, -0.05) is 30.3 Å². The quantitative estimate of drug-likeness (QED) is 0.708. The summed E-state index contributed by atoms with van der Waals surface area (Å²) in [4.78, 5) is 28.4. The fourth-order valence-electron chi connectivity index (χ4n) is 2.35. The second-order valence-electron chi connectivity index (χ2n) is 4.96. The Hall–Kier alpha value is -2.12. The molecular weight excluding hydrogens is 276 g/mol. The van der Waals surface area contributed by atoms with Crippen molar-refractivity contribution in [2.24, 2.45) is 0 Å². The van der Waals surface area contributed by atoms with E-state index in [4.69, 9.17) is 15.1 Å². The van der Waals surface area contributed by atoms with Crippen molar-refractivity contribution in [3.05, 3.63) is 35.9 Å². The summed E-state index contributed by atoms with van der Waals surface area (Å²) in [5.74, 6) is -1.11. The number of carbonyl (C=O) groups is 2. The first kappa shape index (κ1) is 15.3. The molecule has 2 rings (SSSR count). The topological polar surface area (TPSA) is 99.1 Å². The van der Waals surface area contributed by atoms with Crippen LogP contribution in [0, 0.1) is 0 Å². The minimum Gasteiger partial charge on any atom is -0.480 e. The summed E-state index contributed by atoms with van der Waals surface area (Å²) >= 11 is 0. The molecule has 7 heteroatoms. The molecule has 21 heavy (non-hydrogen) atoms. The van der Waals surface area contributed by atoms with E-state index in [9.17, 15) is 9.59 Å². The van der Waals surface area contributed by atoms with Crippen molar-refractivity contribution in [2.75, 3.05) is 6.54 Å². The standard InChI is InChI=1S/C14H18N2O5/c17-13(18)12-7-6-11(8-16(12)14(19)20)15-21-9-10-4-2-1-3-5-10/h1-5,11-12,15H,6-9H2,(H,17,18)(H,19,20)/t11-,12+/m0/s1. The largest absolute Gasteiger partial charge is 0.480 e. The Morgan fingerprint density at radius 2 is 1.95 bits per heavy atom. The molecule has 0 radical (unpaired) electrons. The minimum absolute atomic E-state index is 0.0983. The molecule has 1 aliphatic rings. The molecule has 1 amide bonds. The molecule has 1 fully saturated rings. The summed E-state index contributed by atoms with van der Waals surface area (Å²) in [7, 11) is 0. The lowest BCUT2D eigenvalue weighted by atomic mass is 9.99. The van der Waals surface area contributed by atoms with Crippen LogP contribution in [-0.2, 0) is 16.2 Å². The Morgan fingerprint density at radius 1 is 1.24 bits per heavy atom. The zero-order chi connectivity index (χ0) is 15.2. The van der Waals surface area contributed by atoms with Gasteiger partial charge in [0.15, 0.2) is 0 Å².